The zero-order valence-electron chi connectivity index (χ0n) is 20.8. The number of aliphatic carboxylic acids is 1. The molecule has 0 unspecified atom stereocenters. The molecule has 1 atom stereocenters. The van der Waals surface area contributed by atoms with Gasteiger partial charge in [-0.1, -0.05) is 35.3 Å². The Balaban J connectivity index is 1.82. The lowest BCUT2D eigenvalue weighted by atomic mass is 10.0. The molecule has 0 fully saturated rings. The Morgan fingerprint density at radius 3 is 2.58 bits per heavy atom. The molecule has 3 aromatic rings. The van der Waals surface area contributed by atoms with Crippen molar-refractivity contribution >= 4 is 56.5 Å². The van der Waals surface area contributed by atoms with Crippen LogP contribution in [-0.4, -0.2) is 38.8 Å². The zero-order valence-corrected chi connectivity index (χ0v) is 23.1. The summed E-state index contributed by atoms with van der Waals surface area (Å²) in [5.74, 6) is -1.95. The molecule has 1 aliphatic heterocycles. The first-order valence-corrected chi connectivity index (χ1v) is 14.0. The largest absolute Gasteiger partial charge is 0.486 e. The summed E-state index contributed by atoms with van der Waals surface area (Å²) in [6.07, 6.45) is 0.378. The molecule has 0 bridgehead atoms. The number of halogens is 5. The highest BCUT2D eigenvalue weighted by molar-refractivity contribution is 7.92. The van der Waals surface area contributed by atoms with Crippen LogP contribution < -0.4 is 13.8 Å². The minimum Gasteiger partial charge on any atom is -0.486 e. The minimum atomic E-state index is -4.39. The van der Waals surface area contributed by atoms with Crippen LogP contribution in [0, 0.1) is 5.82 Å². The van der Waals surface area contributed by atoms with Crippen molar-refractivity contribution in [3.05, 3.63) is 81.6 Å². The predicted molar refractivity (Wildman–Crippen MR) is 145 cm³/mol. The summed E-state index contributed by atoms with van der Waals surface area (Å²) < 4.78 is 78.9. The molecule has 212 valence electrons. The molecule has 0 radical (unpaired) electrons. The summed E-state index contributed by atoms with van der Waals surface area (Å²) in [5, 5.41) is 9.43. The van der Waals surface area contributed by atoms with Crippen LogP contribution in [0.1, 0.15) is 30.9 Å². The number of carboxylic acid groups (broad SMARTS) is 1. The lowest BCUT2D eigenvalue weighted by Gasteiger charge is -2.36. The molecule has 1 N–H and O–H groups in total. The maximum Gasteiger partial charge on any atom is 0.387 e. The number of carboxylic acids is 1. The van der Waals surface area contributed by atoms with Crippen molar-refractivity contribution < 1.29 is 41.0 Å². The molecular formula is C27H22Cl2F3NO6S. The SMILES string of the molecule is C/C(=C\c1cc2c(cc1Cl)O[C@@H](CCC(=O)O)CN2S(=O)(=O)c1cccc(OC(F)F)c1)c1c(F)cccc1Cl. The first kappa shape index (κ1) is 29.6. The Hall–Kier alpha value is -3.41. The fraction of sp³-hybridized carbons (Fsp3) is 0.222. The quantitative estimate of drug-likeness (QED) is 0.258. The van der Waals surface area contributed by atoms with Crippen LogP contribution in [0.5, 0.6) is 11.5 Å². The minimum absolute atomic E-state index is 0.0144. The number of allylic oxidation sites excluding steroid dienone is 1. The van der Waals surface area contributed by atoms with Gasteiger partial charge in [-0.25, -0.2) is 12.8 Å². The number of sulfonamides is 1. The number of ether oxygens (including phenoxy) is 2. The molecule has 7 nitrogen and oxygen atoms in total. The van der Waals surface area contributed by atoms with E-state index in [1.807, 2.05) is 0 Å². The second kappa shape index (κ2) is 12.0. The Kier molecular flexibility index (Phi) is 8.86. The van der Waals surface area contributed by atoms with Gasteiger partial charge in [0.25, 0.3) is 10.0 Å². The molecule has 0 aromatic heterocycles. The number of rotatable bonds is 9. The van der Waals surface area contributed by atoms with Crippen molar-refractivity contribution in [2.75, 3.05) is 10.8 Å². The summed E-state index contributed by atoms with van der Waals surface area (Å²) >= 11 is 12.7. The first-order chi connectivity index (χ1) is 18.9. The van der Waals surface area contributed by atoms with Crippen LogP contribution in [0.3, 0.4) is 0 Å². The third-order valence-electron chi connectivity index (χ3n) is 6.04. The van der Waals surface area contributed by atoms with E-state index < -0.39 is 34.5 Å². The van der Waals surface area contributed by atoms with Gasteiger partial charge in [-0.05, 0) is 60.9 Å². The Morgan fingerprint density at radius 2 is 1.90 bits per heavy atom. The van der Waals surface area contributed by atoms with Gasteiger partial charge in [-0.2, -0.15) is 8.78 Å². The number of alkyl halides is 2. The Morgan fingerprint density at radius 1 is 1.18 bits per heavy atom. The van der Waals surface area contributed by atoms with Gasteiger partial charge >= 0.3 is 12.6 Å². The van der Waals surface area contributed by atoms with Crippen molar-refractivity contribution in [2.24, 2.45) is 0 Å². The smallest absolute Gasteiger partial charge is 0.387 e. The van der Waals surface area contributed by atoms with E-state index in [0.29, 0.717) is 11.1 Å². The van der Waals surface area contributed by atoms with Crippen LogP contribution in [0.4, 0.5) is 18.9 Å². The molecule has 0 saturated carbocycles. The van der Waals surface area contributed by atoms with Crippen molar-refractivity contribution in [1.82, 2.24) is 0 Å². The highest BCUT2D eigenvalue weighted by Crippen LogP contribution is 2.42. The fourth-order valence-corrected chi connectivity index (χ4v) is 6.29. The molecule has 13 heteroatoms. The van der Waals surface area contributed by atoms with E-state index in [-0.39, 0.29) is 57.1 Å². The summed E-state index contributed by atoms with van der Waals surface area (Å²) in [7, 11) is -4.39. The summed E-state index contributed by atoms with van der Waals surface area (Å²) in [5.41, 5.74) is 0.935. The molecule has 1 aliphatic rings. The van der Waals surface area contributed by atoms with Gasteiger partial charge in [-0.3, -0.25) is 9.10 Å². The number of carbonyl (C=O) groups is 1. The van der Waals surface area contributed by atoms with Gasteiger partial charge in [-0.15, -0.1) is 0 Å². The van der Waals surface area contributed by atoms with Crippen molar-refractivity contribution in [1.29, 1.82) is 0 Å². The van der Waals surface area contributed by atoms with E-state index in [0.717, 1.165) is 10.4 Å². The highest BCUT2D eigenvalue weighted by atomic mass is 35.5. The summed E-state index contributed by atoms with van der Waals surface area (Å²) in [6.45, 7) is -1.82. The second-order valence-corrected chi connectivity index (χ2v) is 11.5. The standard InChI is InChI=1S/C27H22Cl2F3NO6S/c1-15(26-20(28)6-3-7-22(26)30)10-16-11-23-24(13-21(16)29)38-18(8-9-25(34)35)14-33(23)40(36,37)19-5-2-4-17(12-19)39-27(31)32/h2-7,10-13,18,27H,8-9,14H2,1H3,(H,34,35)/b15-10+/t18-/m0/s1. The Labute approximate surface area is 238 Å². The average molecular weight is 616 g/mol. The molecule has 0 saturated heterocycles. The first-order valence-electron chi connectivity index (χ1n) is 11.8. The third kappa shape index (κ3) is 6.48. The zero-order chi connectivity index (χ0) is 29.2. The molecule has 0 aliphatic carbocycles. The van der Waals surface area contributed by atoms with Crippen LogP contribution in [-0.2, 0) is 14.8 Å². The maximum absolute atomic E-state index is 14.5. The lowest BCUT2D eigenvalue weighted by molar-refractivity contribution is -0.137. The van der Waals surface area contributed by atoms with Gasteiger partial charge in [0.1, 0.15) is 23.4 Å². The monoisotopic (exact) mass is 615 g/mol. The summed E-state index contributed by atoms with van der Waals surface area (Å²) in [6, 6.07) is 11.7. The van der Waals surface area contributed by atoms with Gasteiger partial charge in [0.15, 0.2) is 0 Å². The highest BCUT2D eigenvalue weighted by Gasteiger charge is 2.35. The van der Waals surface area contributed by atoms with E-state index >= 15 is 0 Å². The van der Waals surface area contributed by atoms with Crippen molar-refractivity contribution in [3.8, 4) is 11.5 Å². The maximum atomic E-state index is 14.5. The van der Waals surface area contributed by atoms with Gasteiger partial charge < -0.3 is 14.6 Å². The van der Waals surface area contributed by atoms with Crippen LogP contribution in [0.25, 0.3) is 11.6 Å². The van der Waals surface area contributed by atoms with Crippen molar-refractivity contribution in [2.45, 2.75) is 37.4 Å². The van der Waals surface area contributed by atoms with E-state index in [4.69, 9.17) is 33.0 Å². The number of benzene rings is 3. The Bertz CT molecular complexity index is 1560. The molecule has 0 amide bonds. The van der Waals surface area contributed by atoms with Crippen LogP contribution in [0.15, 0.2) is 59.5 Å². The lowest BCUT2D eigenvalue weighted by Crippen LogP contribution is -2.43. The van der Waals surface area contributed by atoms with Crippen LogP contribution in [0.2, 0.25) is 10.0 Å². The number of hydrogen-bond donors (Lipinski definition) is 1. The normalized spacial score (nSPS) is 15.5. The number of fused-ring (bicyclic) bond motifs is 1. The van der Waals surface area contributed by atoms with Gasteiger partial charge in [0.2, 0.25) is 0 Å². The summed E-state index contributed by atoms with van der Waals surface area (Å²) in [4.78, 5) is 10.8. The fourth-order valence-electron chi connectivity index (χ4n) is 4.24. The average Bonchev–Trinajstić information content (AvgIpc) is 2.87. The third-order valence-corrected chi connectivity index (χ3v) is 8.46. The van der Waals surface area contributed by atoms with E-state index in [9.17, 15) is 26.4 Å². The van der Waals surface area contributed by atoms with Crippen molar-refractivity contribution in [3.63, 3.8) is 0 Å². The second-order valence-electron chi connectivity index (χ2n) is 8.83. The molecule has 0 spiro atoms. The molecule has 3 aromatic carbocycles. The van der Waals surface area contributed by atoms with Crippen LogP contribution >= 0.6 is 23.2 Å². The molecule has 4 rings (SSSR count). The number of anilines is 1. The number of hydrogen-bond acceptors (Lipinski definition) is 5. The predicted octanol–water partition coefficient (Wildman–Crippen LogP) is 7.12. The topological polar surface area (TPSA) is 93.1 Å². The molecule has 40 heavy (non-hydrogen) atoms. The molecular weight excluding hydrogens is 594 g/mol. The number of nitrogens with zero attached hydrogens (tertiary/aromatic N) is 1. The van der Waals surface area contributed by atoms with Gasteiger partial charge in [0.05, 0.1) is 27.2 Å². The molecule has 1 heterocycles. The van der Waals surface area contributed by atoms with E-state index in [1.54, 1.807) is 6.92 Å². The van der Waals surface area contributed by atoms with E-state index in [2.05, 4.69) is 4.74 Å². The van der Waals surface area contributed by atoms with Gasteiger partial charge in [0, 0.05) is 24.1 Å². The van der Waals surface area contributed by atoms with E-state index in [1.165, 1.54) is 54.6 Å².